The summed E-state index contributed by atoms with van der Waals surface area (Å²) in [6.45, 7) is 5.24. The Morgan fingerprint density at radius 1 is 1.41 bits per heavy atom. The maximum Gasteiger partial charge on any atom is 0.407 e. The molecule has 0 aromatic heterocycles. The van der Waals surface area contributed by atoms with Crippen LogP contribution in [-0.4, -0.2) is 21.4 Å². The molecule has 1 aliphatic rings. The van der Waals surface area contributed by atoms with Crippen LogP contribution in [0.2, 0.25) is 0 Å². The number of carbonyl (C=O) groups is 1. The van der Waals surface area contributed by atoms with Gasteiger partial charge in [0.1, 0.15) is 0 Å². The van der Waals surface area contributed by atoms with Gasteiger partial charge in [-0.3, -0.25) is 4.90 Å². The Morgan fingerprint density at radius 2 is 2.06 bits per heavy atom. The van der Waals surface area contributed by atoms with E-state index in [0.717, 1.165) is 11.8 Å². The number of nitrogens with zero attached hydrogens (tertiary/aromatic N) is 1. The molecule has 0 saturated heterocycles. The van der Waals surface area contributed by atoms with Crippen LogP contribution in [0.4, 0.5) is 4.79 Å². The van der Waals surface area contributed by atoms with Crippen LogP contribution < -0.4 is 0 Å². The summed E-state index contributed by atoms with van der Waals surface area (Å²) in [7, 11) is 0. The van der Waals surface area contributed by atoms with Gasteiger partial charge in [-0.1, -0.05) is 22.0 Å². The zero-order chi connectivity index (χ0) is 12.6. The van der Waals surface area contributed by atoms with Crippen molar-refractivity contribution < 1.29 is 9.90 Å². The number of aryl methyl sites for hydroxylation is 2. The van der Waals surface area contributed by atoms with Gasteiger partial charge in [0.05, 0.1) is 0 Å². The molecule has 1 aromatic rings. The first kappa shape index (κ1) is 12.4. The SMILES string of the molecule is Cc1cc(CCBr)c(C)c2c1CN(C(=O)O)C2. The lowest BCUT2D eigenvalue weighted by Crippen LogP contribution is -2.22. The lowest BCUT2D eigenvalue weighted by atomic mass is 9.93. The van der Waals surface area contributed by atoms with Crippen molar-refractivity contribution in [2.75, 3.05) is 5.33 Å². The van der Waals surface area contributed by atoms with Gasteiger partial charge in [-0.25, -0.2) is 4.79 Å². The molecule has 1 heterocycles. The summed E-state index contributed by atoms with van der Waals surface area (Å²) in [6, 6.07) is 2.20. The third-order valence-corrected chi connectivity index (χ3v) is 3.89. The fraction of sp³-hybridized carbons (Fsp3) is 0.462. The molecule has 4 heteroatoms. The van der Waals surface area contributed by atoms with E-state index in [0.29, 0.717) is 13.1 Å². The Labute approximate surface area is 110 Å². The van der Waals surface area contributed by atoms with E-state index in [1.807, 2.05) is 0 Å². The molecule has 0 radical (unpaired) electrons. The van der Waals surface area contributed by atoms with Crippen molar-refractivity contribution in [3.8, 4) is 0 Å². The number of hydrogen-bond donors (Lipinski definition) is 1. The molecule has 0 saturated carbocycles. The van der Waals surface area contributed by atoms with Gasteiger partial charge in [0, 0.05) is 18.4 Å². The minimum absolute atomic E-state index is 0.534. The monoisotopic (exact) mass is 297 g/mol. The Balaban J connectivity index is 2.43. The fourth-order valence-electron chi connectivity index (χ4n) is 2.48. The average molecular weight is 298 g/mol. The summed E-state index contributed by atoms with van der Waals surface area (Å²) in [6.07, 6.45) is 0.162. The van der Waals surface area contributed by atoms with E-state index in [4.69, 9.17) is 5.11 Å². The second kappa shape index (κ2) is 4.69. The van der Waals surface area contributed by atoms with Crippen LogP contribution in [0.3, 0.4) is 0 Å². The predicted molar refractivity (Wildman–Crippen MR) is 70.7 cm³/mol. The minimum Gasteiger partial charge on any atom is -0.465 e. The molecule has 0 fully saturated rings. The molecule has 17 heavy (non-hydrogen) atoms. The van der Waals surface area contributed by atoms with E-state index in [2.05, 4.69) is 35.8 Å². The molecule has 0 spiro atoms. The van der Waals surface area contributed by atoms with Gasteiger partial charge in [0.25, 0.3) is 0 Å². The van der Waals surface area contributed by atoms with Gasteiger partial charge in [0.15, 0.2) is 0 Å². The van der Waals surface area contributed by atoms with Crippen molar-refractivity contribution >= 4 is 22.0 Å². The Morgan fingerprint density at radius 3 is 2.65 bits per heavy atom. The molecule has 0 aliphatic carbocycles. The average Bonchev–Trinajstić information content (AvgIpc) is 2.71. The quantitative estimate of drug-likeness (QED) is 0.852. The topological polar surface area (TPSA) is 40.5 Å². The number of amides is 1. The van der Waals surface area contributed by atoms with Crippen LogP contribution >= 0.6 is 15.9 Å². The molecular weight excluding hydrogens is 282 g/mol. The summed E-state index contributed by atoms with van der Waals surface area (Å²) in [5, 5.41) is 10.00. The van der Waals surface area contributed by atoms with Gasteiger partial charge in [-0.05, 0) is 48.1 Å². The highest BCUT2D eigenvalue weighted by atomic mass is 79.9. The predicted octanol–water partition coefficient (Wildman–Crippen LogP) is 3.23. The molecule has 0 bridgehead atoms. The zero-order valence-electron chi connectivity index (χ0n) is 10.1. The highest BCUT2D eigenvalue weighted by Gasteiger charge is 2.26. The number of carboxylic acid groups (broad SMARTS) is 1. The lowest BCUT2D eigenvalue weighted by molar-refractivity contribution is 0.145. The van der Waals surface area contributed by atoms with E-state index < -0.39 is 6.09 Å². The minimum atomic E-state index is -0.831. The summed E-state index contributed by atoms with van der Waals surface area (Å²) >= 11 is 3.46. The van der Waals surface area contributed by atoms with Crippen molar-refractivity contribution in [3.63, 3.8) is 0 Å². The molecule has 1 amide bonds. The van der Waals surface area contributed by atoms with Crippen LogP contribution in [0, 0.1) is 13.8 Å². The molecule has 2 rings (SSSR count). The number of rotatable bonds is 2. The van der Waals surface area contributed by atoms with Crippen molar-refractivity contribution in [1.29, 1.82) is 0 Å². The Bertz CT molecular complexity index is 471. The van der Waals surface area contributed by atoms with Crippen molar-refractivity contribution in [2.24, 2.45) is 0 Å². The van der Waals surface area contributed by atoms with E-state index in [1.54, 1.807) is 0 Å². The molecule has 3 nitrogen and oxygen atoms in total. The number of halogens is 1. The molecular formula is C13H16BrNO2. The van der Waals surface area contributed by atoms with Gasteiger partial charge >= 0.3 is 6.09 Å². The van der Waals surface area contributed by atoms with Crippen LogP contribution in [0.5, 0.6) is 0 Å². The maximum atomic E-state index is 11.0. The number of benzene rings is 1. The highest BCUT2D eigenvalue weighted by molar-refractivity contribution is 9.09. The summed E-state index contributed by atoms with van der Waals surface area (Å²) < 4.78 is 0. The Hall–Kier alpha value is -1.03. The van der Waals surface area contributed by atoms with Crippen LogP contribution in [0.25, 0.3) is 0 Å². The molecule has 0 atom stereocenters. The second-order valence-corrected chi connectivity index (χ2v) is 5.31. The van der Waals surface area contributed by atoms with Crippen molar-refractivity contribution in [2.45, 2.75) is 33.4 Å². The number of fused-ring (bicyclic) bond motifs is 1. The van der Waals surface area contributed by atoms with Crippen LogP contribution in [0.1, 0.15) is 27.8 Å². The maximum absolute atomic E-state index is 11.0. The molecule has 1 N–H and O–H groups in total. The largest absolute Gasteiger partial charge is 0.465 e. The second-order valence-electron chi connectivity index (χ2n) is 4.51. The van der Waals surface area contributed by atoms with E-state index in [9.17, 15) is 4.79 Å². The third-order valence-electron chi connectivity index (χ3n) is 3.50. The lowest BCUT2D eigenvalue weighted by Gasteiger charge is -2.12. The van der Waals surface area contributed by atoms with Crippen LogP contribution in [-0.2, 0) is 19.5 Å². The van der Waals surface area contributed by atoms with Gasteiger partial charge in [-0.2, -0.15) is 0 Å². The smallest absolute Gasteiger partial charge is 0.407 e. The Kier molecular flexibility index (Phi) is 3.43. The van der Waals surface area contributed by atoms with Crippen molar-refractivity contribution in [1.82, 2.24) is 4.90 Å². The van der Waals surface area contributed by atoms with Crippen molar-refractivity contribution in [3.05, 3.63) is 33.9 Å². The molecule has 1 aromatic carbocycles. The van der Waals surface area contributed by atoms with E-state index >= 15 is 0 Å². The fourth-order valence-corrected chi connectivity index (χ4v) is 2.91. The zero-order valence-corrected chi connectivity index (χ0v) is 11.7. The van der Waals surface area contributed by atoms with Gasteiger partial charge in [0.2, 0.25) is 0 Å². The summed E-state index contributed by atoms with van der Waals surface area (Å²) in [5.41, 5.74) is 6.20. The molecule has 0 unspecified atom stereocenters. The first-order valence-electron chi connectivity index (χ1n) is 5.69. The number of alkyl halides is 1. The highest BCUT2D eigenvalue weighted by Crippen LogP contribution is 2.31. The summed E-state index contributed by atoms with van der Waals surface area (Å²) in [4.78, 5) is 12.5. The normalized spacial score (nSPS) is 13.9. The van der Waals surface area contributed by atoms with Gasteiger partial charge < -0.3 is 5.11 Å². The molecule has 1 aliphatic heterocycles. The molecule has 92 valence electrons. The summed E-state index contributed by atoms with van der Waals surface area (Å²) in [5.74, 6) is 0. The van der Waals surface area contributed by atoms with Gasteiger partial charge in [-0.15, -0.1) is 0 Å². The third kappa shape index (κ3) is 2.18. The van der Waals surface area contributed by atoms with E-state index in [-0.39, 0.29) is 0 Å². The first-order valence-corrected chi connectivity index (χ1v) is 6.81. The standard InChI is InChI=1S/C13H16BrNO2/c1-8-5-10(3-4-14)9(2)12-7-15(13(16)17)6-11(8)12/h5H,3-4,6-7H2,1-2H3,(H,16,17). The first-order chi connectivity index (χ1) is 8.04. The number of hydrogen-bond acceptors (Lipinski definition) is 1. The van der Waals surface area contributed by atoms with Crippen LogP contribution in [0.15, 0.2) is 6.07 Å². The van der Waals surface area contributed by atoms with E-state index in [1.165, 1.54) is 32.7 Å².